The third kappa shape index (κ3) is 3.41. The first-order chi connectivity index (χ1) is 10.3. The lowest BCUT2D eigenvalue weighted by atomic mass is 10.1. The van der Waals surface area contributed by atoms with Gasteiger partial charge in [-0.05, 0) is 35.9 Å². The van der Waals surface area contributed by atoms with Gasteiger partial charge in [0.25, 0.3) is 0 Å². The monoisotopic (exact) mass is 323 g/mol. The fourth-order valence-corrected chi connectivity index (χ4v) is 1.99. The second-order valence-electron chi connectivity index (χ2n) is 4.31. The van der Waals surface area contributed by atoms with Crippen LogP contribution in [0.5, 0.6) is 11.5 Å². The number of nitrogens with zero attached hydrogens (tertiary/aromatic N) is 1. The van der Waals surface area contributed by atoms with Crippen molar-refractivity contribution in [3.8, 4) is 17.6 Å². The average Bonchev–Trinajstić information content (AvgIpc) is 2.48. The molecule has 2 nitrogen and oxygen atoms in total. The highest BCUT2D eigenvalue weighted by molar-refractivity contribution is 6.31. The molecular formula is C16H9ClF3NO. The van der Waals surface area contributed by atoms with Crippen LogP contribution in [-0.4, -0.2) is 0 Å². The number of alkyl halides is 3. The summed E-state index contributed by atoms with van der Waals surface area (Å²) in [6.45, 7) is 3.58. The van der Waals surface area contributed by atoms with Crippen molar-refractivity contribution in [2.75, 3.05) is 0 Å². The van der Waals surface area contributed by atoms with Gasteiger partial charge in [-0.15, -0.1) is 0 Å². The smallest absolute Gasteiger partial charge is 0.417 e. The molecule has 0 aromatic heterocycles. The Morgan fingerprint density at radius 3 is 2.50 bits per heavy atom. The molecule has 0 unspecified atom stereocenters. The van der Waals surface area contributed by atoms with Gasteiger partial charge in [-0.2, -0.15) is 18.4 Å². The van der Waals surface area contributed by atoms with E-state index in [2.05, 4.69) is 6.58 Å². The fourth-order valence-electron chi connectivity index (χ4n) is 1.76. The van der Waals surface area contributed by atoms with Crippen molar-refractivity contribution < 1.29 is 17.9 Å². The molecule has 0 aliphatic rings. The van der Waals surface area contributed by atoms with Crippen LogP contribution in [0.3, 0.4) is 0 Å². The lowest BCUT2D eigenvalue weighted by Gasteiger charge is -2.12. The predicted molar refractivity (Wildman–Crippen MR) is 77.8 cm³/mol. The van der Waals surface area contributed by atoms with Crippen molar-refractivity contribution in [1.82, 2.24) is 0 Å². The van der Waals surface area contributed by atoms with Gasteiger partial charge >= 0.3 is 6.18 Å². The molecule has 0 atom stereocenters. The zero-order chi connectivity index (χ0) is 16.3. The highest BCUT2D eigenvalue weighted by atomic mass is 35.5. The standard InChI is InChI=1S/C16H9ClF3NO/c1-2-10-3-6-15(11(7-10)9-21)22-12-4-5-14(17)13(8-12)16(18,19)20/h2-8H,1H2. The summed E-state index contributed by atoms with van der Waals surface area (Å²) < 4.78 is 43.8. The van der Waals surface area contributed by atoms with Gasteiger partial charge in [-0.1, -0.05) is 30.3 Å². The van der Waals surface area contributed by atoms with Gasteiger partial charge in [0.05, 0.1) is 16.1 Å². The maximum atomic E-state index is 12.8. The summed E-state index contributed by atoms with van der Waals surface area (Å²) in [7, 11) is 0. The van der Waals surface area contributed by atoms with E-state index in [4.69, 9.17) is 21.6 Å². The average molecular weight is 324 g/mol. The molecule has 112 valence electrons. The van der Waals surface area contributed by atoms with Gasteiger partial charge in [0.15, 0.2) is 0 Å². The molecule has 0 heterocycles. The minimum Gasteiger partial charge on any atom is -0.456 e. The number of benzene rings is 2. The van der Waals surface area contributed by atoms with Crippen LogP contribution in [0, 0.1) is 11.3 Å². The molecule has 0 N–H and O–H groups in total. The molecule has 22 heavy (non-hydrogen) atoms. The minimum atomic E-state index is -4.58. The maximum absolute atomic E-state index is 12.8. The number of rotatable bonds is 3. The summed E-state index contributed by atoms with van der Waals surface area (Å²) in [5.41, 5.74) is -0.0928. The van der Waals surface area contributed by atoms with Crippen LogP contribution >= 0.6 is 11.6 Å². The number of hydrogen-bond donors (Lipinski definition) is 0. The number of hydrogen-bond acceptors (Lipinski definition) is 2. The molecule has 0 aliphatic carbocycles. The van der Waals surface area contributed by atoms with Crippen LogP contribution in [0.15, 0.2) is 43.0 Å². The van der Waals surface area contributed by atoms with E-state index in [0.29, 0.717) is 5.56 Å². The molecule has 2 aromatic carbocycles. The van der Waals surface area contributed by atoms with Crippen LogP contribution < -0.4 is 4.74 Å². The Bertz CT molecular complexity index is 763. The van der Waals surface area contributed by atoms with Gasteiger partial charge in [0.2, 0.25) is 0 Å². The van der Waals surface area contributed by atoms with E-state index in [9.17, 15) is 13.2 Å². The highest BCUT2D eigenvalue weighted by Crippen LogP contribution is 2.38. The minimum absolute atomic E-state index is 0.0559. The van der Waals surface area contributed by atoms with Gasteiger partial charge in [0, 0.05) is 0 Å². The van der Waals surface area contributed by atoms with Crippen molar-refractivity contribution in [3.63, 3.8) is 0 Å². The maximum Gasteiger partial charge on any atom is 0.417 e. The van der Waals surface area contributed by atoms with Gasteiger partial charge in [-0.3, -0.25) is 0 Å². The highest BCUT2D eigenvalue weighted by Gasteiger charge is 2.33. The third-order valence-corrected chi connectivity index (χ3v) is 3.16. The molecule has 0 fully saturated rings. The lowest BCUT2D eigenvalue weighted by molar-refractivity contribution is -0.137. The Kier molecular flexibility index (Phi) is 4.43. The lowest BCUT2D eigenvalue weighted by Crippen LogP contribution is -2.06. The van der Waals surface area contributed by atoms with E-state index < -0.39 is 16.8 Å². The van der Waals surface area contributed by atoms with Gasteiger partial charge < -0.3 is 4.74 Å². The molecule has 0 amide bonds. The molecular weight excluding hydrogens is 315 g/mol. The Hall–Kier alpha value is -2.45. The van der Waals surface area contributed by atoms with Crippen molar-refractivity contribution in [2.45, 2.75) is 6.18 Å². The predicted octanol–water partition coefficient (Wildman–Crippen LogP) is 5.67. The second-order valence-corrected chi connectivity index (χ2v) is 4.72. The summed E-state index contributed by atoms with van der Waals surface area (Å²) in [4.78, 5) is 0. The molecule has 0 saturated heterocycles. The van der Waals surface area contributed by atoms with E-state index in [1.54, 1.807) is 12.1 Å². The zero-order valence-electron chi connectivity index (χ0n) is 11.1. The summed E-state index contributed by atoms with van der Waals surface area (Å²) >= 11 is 5.54. The van der Waals surface area contributed by atoms with E-state index in [1.807, 2.05) is 6.07 Å². The topological polar surface area (TPSA) is 33.0 Å². The largest absolute Gasteiger partial charge is 0.456 e. The summed E-state index contributed by atoms with van der Waals surface area (Å²) in [5, 5.41) is 8.66. The molecule has 2 aromatic rings. The van der Waals surface area contributed by atoms with Crippen molar-refractivity contribution in [3.05, 3.63) is 64.7 Å². The van der Waals surface area contributed by atoms with Crippen LogP contribution in [0.4, 0.5) is 13.2 Å². The SMILES string of the molecule is C=Cc1ccc(Oc2ccc(Cl)c(C(F)(F)F)c2)c(C#N)c1. The Balaban J connectivity index is 2.40. The molecule has 0 bridgehead atoms. The van der Waals surface area contributed by atoms with Crippen LogP contribution in [0.2, 0.25) is 5.02 Å². The van der Waals surface area contributed by atoms with Crippen LogP contribution in [0.1, 0.15) is 16.7 Å². The fraction of sp³-hybridized carbons (Fsp3) is 0.0625. The number of nitriles is 1. The first kappa shape index (κ1) is 15.9. The quantitative estimate of drug-likeness (QED) is 0.729. The van der Waals surface area contributed by atoms with E-state index in [1.165, 1.54) is 18.2 Å². The zero-order valence-corrected chi connectivity index (χ0v) is 11.9. The molecule has 0 aliphatic heterocycles. The van der Waals surface area contributed by atoms with Crippen molar-refractivity contribution in [1.29, 1.82) is 5.26 Å². The second kappa shape index (κ2) is 6.12. The number of halogens is 4. The third-order valence-electron chi connectivity index (χ3n) is 2.83. The first-order valence-corrected chi connectivity index (χ1v) is 6.44. The number of ether oxygens (including phenoxy) is 1. The van der Waals surface area contributed by atoms with E-state index in [0.717, 1.165) is 12.1 Å². The first-order valence-electron chi connectivity index (χ1n) is 6.06. The van der Waals surface area contributed by atoms with E-state index in [-0.39, 0.29) is 17.1 Å². The molecule has 0 radical (unpaired) electrons. The van der Waals surface area contributed by atoms with Gasteiger partial charge in [-0.25, -0.2) is 0 Å². The van der Waals surface area contributed by atoms with Crippen molar-refractivity contribution >= 4 is 17.7 Å². The van der Waals surface area contributed by atoms with E-state index >= 15 is 0 Å². The normalized spacial score (nSPS) is 10.9. The molecule has 6 heteroatoms. The molecule has 0 spiro atoms. The molecule has 0 saturated carbocycles. The Morgan fingerprint density at radius 1 is 1.18 bits per heavy atom. The summed E-state index contributed by atoms with van der Waals surface area (Å²) in [6, 6.07) is 9.80. The van der Waals surface area contributed by atoms with Crippen LogP contribution in [0.25, 0.3) is 6.08 Å². The van der Waals surface area contributed by atoms with Gasteiger partial charge in [0.1, 0.15) is 17.6 Å². The van der Waals surface area contributed by atoms with Crippen LogP contribution in [-0.2, 0) is 6.18 Å². The summed E-state index contributed by atoms with van der Waals surface area (Å²) in [5.74, 6) is 0.100. The Labute approximate surface area is 130 Å². The molecule has 2 rings (SSSR count). The van der Waals surface area contributed by atoms with Crippen molar-refractivity contribution in [2.24, 2.45) is 0 Å². The Morgan fingerprint density at radius 2 is 1.91 bits per heavy atom. The summed E-state index contributed by atoms with van der Waals surface area (Å²) in [6.07, 6.45) is -3.03.